The maximum atomic E-state index is 13.1. The quantitative estimate of drug-likeness (QED) is 0.787. The number of hydrogen-bond donors (Lipinski definition) is 1. The molecule has 0 aromatic carbocycles. The predicted octanol–water partition coefficient (Wildman–Crippen LogP) is 2.82. The lowest BCUT2D eigenvalue weighted by atomic mass is 9.98. The summed E-state index contributed by atoms with van der Waals surface area (Å²) >= 11 is 1.50. The largest absolute Gasteiger partial charge is 0.316 e. The fourth-order valence-corrected chi connectivity index (χ4v) is 3.69. The van der Waals surface area contributed by atoms with Gasteiger partial charge in [0.1, 0.15) is 5.54 Å². The van der Waals surface area contributed by atoms with Gasteiger partial charge in [0.2, 0.25) is 0 Å². The van der Waals surface area contributed by atoms with Crippen LogP contribution in [0.3, 0.4) is 0 Å². The average Bonchev–Trinajstić information content (AvgIpc) is 2.61. The fourth-order valence-electron chi connectivity index (χ4n) is 2.28. The van der Waals surface area contributed by atoms with Crippen molar-refractivity contribution in [2.45, 2.75) is 43.6 Å². The highest BCUT2D eigenvalue weighted by atomic mass is 32.1. The minimum absolute atomic E-state index is 0.181. The molecule has 0 radical (unpaired) electrons. The molecule has 1 heterocycles. The number of nitrogens with two attached hydrogens (primary N) is 1. The first-order valence-electron chi connectivity index (χ1n) is 5.32. The maximum Gasteiger partial charge on any atom is 0.273 e. The summed E-state index contributed by atoms with van der Waals surface area (Å²) in [4.78, 5) is 1.98. The number of rotatable bonds is 1. The van der Waals surface area contributed by atoms with Gasteiger partial charge in [-0.1, -0.05) is 0 Å². The first-order chi connectivity index (χ1) is 7.03. The summed E-state index contributed by atoms with van der Waals surface area (Å²) in [5.74, 6) is -2.68. The highest BCUT2D eigenvalue weighted by Gasteiger charge is 2.70. The van der Waals surface area contributed by atoms with Crippen LogP contribution in [0.5, 0.6) is 0 Å². The highest BCUT2D eigenvalue weighted by molar-refractivity contribution is 7.12. The van der Waals surface area contributed by atoms with Crippen LogP contribution >= 0.6 is 11.3 Å². The van der Waals surface area contributed by atoms with Crippen LogP contribution in [0.1, 0.15) is 34.6 Å². The van der Waals surface area contributed by atoms with Crippen molar-refractivity contribution >= 4 is 11.3 Å². The summed E-state index contributed by atoms with van der Waals surface area (Å²) < 4.78 is 26.2. The van der Waals surface area contributed by atoms with Gasteiger partial charge in [-0.15, -0.1) is 11.3 Å². The number of alkyl halides is 2. The Labute approximate surface area is 91.3 Å². The van der Waals surface area contributed by atoms with E-state index >= 15 is 0 Å². The lowest BCUT2D eigenvalue weighted by molar-refractivity contribution is 0.0899. The van der Waals surface area contributed by atoms with Crippen LogP contribution in [-0.2, 0) is 18.4 Å². The van der Waals surface area contributed by atoms with Gasteiger partial charge in [-0.05, 0) is 37.3 Å². The standard InChI is InChI=1S/C11H13F2NS/c12-11(13)6-10(11,14)9-5-7-3-1-2-4-8(7)15-9/h5H,1-4,6,14H2. The monoisotopic (exact) mass is 229 g/mol. The summed E-state index contributed by atoms with van der Waals surface area (Å²) in [6, 6.07) is 1.92. The Balaban J connectivity index is 1.97. The van der Waals surface area contributed by atoms with Gasteiger partial charge >= 0.3 is 0 Å². The summed E-state index contributed by atoms with van der Waals surface area (Å²) in [5.41, 5.74) is 5.64. The Bertz CT molecular complexity index is 389. The smallest absolute Gasteiger partial charge is 0.273 e. The second kappa shape index (κ2) is 2.80. The molecule has 1 nitrogen and oxygen atoms in total. The third-order valence-corrected chi connectivity index (χ3v) is 4.88. The summed E-state index contributed by atoms with van der Waals surface area (Å²) in [6.07, 6.45) is 4.26. The Morgan fingerprint density at radius 3 is 2.53 bits per heavy atom. The highest BCUT2D eigenvalue weighted by Crippen LogP contribution is 2.59. The van der Waals surface area contributed by atoms with Gasteiger partial charge in [-0.3, -0.25) is 0 Å². The minimum atomic E-state index is -2.68. The maximum absolute atomic E-state index is 13.1. The number of halogens is 2. The minimum Gasteiger partial charge on any atom is -0.316 e. The van der Waals surface area contributed by atoms with Crippen molar-refractivity contribution in [2.24, 2.45) is 5.73 Å². The van der Waals surface area contributed by atoms with Crippen molar-refractivity contribution in [2.75, 3.05) is 0 Å². The molecule has 0 amide bonds. The van der Waals surface area contributed by atoms with Crippen LogP contribution in [0.4, 0.5) is 8.78 Å². The van der Waals surface area contributed by atoms with Gasteiger partial charge in [0.05, 0.1) is 0 Å². The molecule has 1 unspecified atom stereocenters. The van der Waals surface area contributed by atoms with Crippen LogP contribution in [0.2, 0.25) is 0 Å². The summed E-state index contributed by atoms with van der Waals surface area (Å²) in [5, 5.41) is 0. The van der Waals surface area contributed by atoms with E-state index in [0.29, 0.717) is 4.88 Å². The molecule has 3 rings (SSSR count). The molecular formula is C11H13F2NS. The van der Waals surface area contributed by atoms with E-state index < -0.39 is 11.5 Å². The molecular weight excluding hydrogens is 216 g/mol. The van der Waals surface area contributed by atoms with Crippen molar-refractivity contribution in [1.29, 1.82) is 0 Å². The van der Waals surface area contributed by atoms with Crippen molar-refractivity contribution < 1.29 is 8.78 Å². The van der Waals surface area contributed by atoms with E-state index in [-0.39, 0.29) is 6.42 Å². The van der Waals surface area contributed by atoms with Crippen LogP contribution < -0.4 is 5.73 Å². The van der Waals surface area contributed by atoms with E-state index in [9.17, 15) is 8.78 Å². The van der Waals surface area contributed by atoms with Crippen LogP contribution in [0, 0.1) is 0 Å². The summed E-state index contributed by atoms with van der Waals surface area (Å²) in [7, 11) is 0. The van der Waals surface area contributed by atoms with Crippen molar-refractivity contribution in [3.8, 4) is 0 Å². The third kappa shape index (κ3) is 1.27. The molecule has 82 valence electrons. The number of fused-ring (bicyclic) bond motifs is 1. The molecule has 2 aliphatic rings. The lowest BCUT2D eigenvalue weighted by Gasteiger charge is -2.08. The van der Waals surface area contributed by atoms with Gasteiger partial charge in [0.25, 0.3) is 5.92 Å². The zero-order valence-corrected chi connectivity index (χ0v) is 9.17. The van der Waals surface area contributed by atoms with E-state index in [2.05, 4.69) is 0 Å². The molecule has 1 aromatic rings. The molecule has 1 atom stereocenters. The lowest BCUT2D eigenvalue weighted by Crippen LogP contribution is -2.25. The fraction of sp³-hybridized carbons (Fsp3) is 0.636. The number of aryl methyl sites for hydroxylation is 2. The van der Waals surface area contributed by atoms with E-state index in [1.165, 1.54) is 34.6 Å². The van der Waals surface area contributed by atoms with Gasteiger partial charge in [0.15, 0.2) is 0 Å². The van der Waals surface area contributed by atoms with Gasteiger partial charge in [-0.25, -0.2) is 8.78 Å². The Morgan fingerprint density at radius 2 is 1.93 bits per heavy atom. The molecule has 0 bridgehead atoms. The molecule has 2 N–H and O–H groups in total. The topological polar surface area (TPSA) is 26.0 Å². The van der Waals surface area contributed by atoms with E-state index in [1.54, 1.807) is 0 Å². The molecule has 15 heavy (non-hydrogen) atoms. The van der Waals surface area contributed by atoms with E-state index in [0.717, 1.165) is 12.8 Å². The normalized spacial score (nSPS) is 32.5. The molecule has 4 heteroatoms. The third-order valence-electron chi connectivity index (χ3n) is 3.46. The van der Waals surface area contributed by atoms with Crippen LogP contribution in [0.25, 0.3) is 0 Å². The van der Waals surface area contributed by atoms with Crippen LogP contribution in [-0.4, -0.2) is 5.92 Å². The number of hydrogen-bond acceptors (Lipinski definition) is 2. The average molecular weight is 229 g/mol. The Hall–Kier alpha value is -0.480. The second-order valence-corrected chi connectivity index (χ2v) is 5.76. The van der Waals surface area contributed by atoms with Crippen LogP contribution in [0.15, 0.2) is 6.07 Å². The molecule has 1 fully saturated rings. The Kier molecular flexibility index (Phi) is 1.81. The molecule has 1 aromatic heterocycles. The summed E-state index contributed by atoms with van der Waals surface area (Å²) in [6.45, 7) is 0. The Morgan fingerprint density at radius 1 is 1.27 bits per heavy atom. The first-order valence-corrected chi connectivity index (χ1v) is 6.13. The van der Waals surface area contributed by atoms with Gasteiger partial charge in [0, 0.05) is 16.2 Å². The van der Waals surface area contributed by atoms with Crippen molar-refractivity contribution in [3.63, 3.8) is 0 Å². The van der Waals surface area contributed by atoms with Gasteiger partial charge in [-0.2, -0.15) is 0 Å². The molecule has 0 spiro atoms. The first kappa shape index (κ1) is 9.73. The molecule has 2 aliphatic carbocycles. The van der Waals surface area contributed by atoms with Gasteiger partial charge < -0.3 is 5.73 Å². The molecule has 1 saturated carbocycles. The second-order valence-electron chi connectivity index (χ2n) is 4.62. The van der Waals surface area contributed by atoms with Crippen molar-refractivity contribution in [1.82, 2.24) is 0 Å². The van der Waals surface area contributed by atoms with Crippen molar-refractivity contribution in [3.05, 3.63) is 21.4 Å². The molecule has 0 saturated heterocycles. The van der Waals surface area contributed by atoms with E-state index in [4.69, 9.17) is 5.73 Å². The molecule has 0 aliphatic heterocycles. The SMILES string of the molecule is NC1(c2cc3c(s2)CCCC3)CC1(F)F. The zero-order valence-electron chi connectivity index (χ0n) is 8.35. The predicted molar refractivity (Wildman–Crippen MR) is 56.4 cm³/mol. The van der Waals surface area contributed by atoms with E-state index in [1.807, 2.05) is 6.07 Å². The zero-order chi connectivity index (χ0) is 10.7. The number of thiophene rings is 1.